The van der Waals surface area contributed by atoms with E-state index < -0.39 is 0 Å². The van der Waals surface area contributed by atoms with Crippen molar-refractivity contribution in [1.82, 2.24) is 10.2 Å². The van der Waals surface area contributed by atoms with Gasteiger partial charge in [0.1, 0.15) is 0 Å². The summed E-state index contributed by atoms with van der Waals surface area (Å²) in [5.74, 6) is 0.213. The van der Waals surface area contributed by atoms with Gasteiger partial charge in [0.05, 0.1) is 19.8 Å². The number of carbonyl (C=O) groups is 1. The molecule has 108 valence electrons. The molecule has 0 bridgehead atoms. The van der Waals surface area contributed by atoms with Crippen LogP contribution in [0, 0.1) is 0 Å². The molecular weight excluding hydrogens is 262 g/mol. The monoisotopic (exact) mass is 285 g/mol. The molecule has 0 aromatic rings. The number of rotatable bonds is 5. The second-order valence-corrected chi connectivity index (χ2v) is 6.13. The topological polar surface area (TPSA) is 53.9 Å². The molecule has 0 aromatic heterocycles. The van der Waals surface area contributed by atoms with Gasteiger partial charge in [-0.05, 0) is 6.42 Å². The van der Waals surface area contributed by atoms with Gasteiger partial charge in [-0.15, -0.1) is 0 Å². The lowest BCUT2D eigenvalue weighted by atomic mass is 10.2. The van der Waals surface area contributed by atoms with Crippen LogP contribution < -0.4 is 5.32 Å². The first-order valence-electron chi connectivity index (χ1n) is 7.10. The molecule has 2 aliphatic heterocycles. The fraction of sp³-hybridized carbons (Fsp3) is 0.846. The van der Waals surface area contributed by atoms with Crippen LogP contribution in [0.2, 0.25) is 0 Å². The summed E-state index contributed by atoms with van der Waals surface area (Å²) in [6.45, 7) is 6.59. The van der Waals surface area contributed by atoms with Crippen LogP contribution in [0.15, 0.2) is 4.99 Å². The zero-order valence-electron chi connectivity index (χ0n) is 11.6. The Kier molecular flexibility index (Phi) is 5.97. The fourth-order valence-electron chi connectivity index (χ4n) is 2.23. The number of nitrogens with zero attached hydrogens (tertiary/aromatic N) is 2. The van der Waals surface area contributed by atoms with Gasteiger partial charge in [-0.3, -0.25) is 9.79 Å². The number of amides is 1. The molecule has 1 amide bonds. The summed E-state index contributed by atoms with van der Waals surface area (Å²) in [5.41, 5.74) is 0. The number of hydrogen-bond acceptors (Lipinski definition) is 5. The third-order valence-corrected chi connectivity index (χ3v) is 4.52. The van der Waals surface area contributed by atoms with Gasteiger partial charge in [0.25, 0.3) is 0 Å². The first kappa shape index (κ1) is 14.7. The van der Waals surface area contributed by atoms with Crippen LogP contribution in [0.25, 0.3) is 0 Å². The number of ether oxygens (including phenoxy) is 1. The average molecular weight is 285 g/mol. The van der Waals surface area contributed by atoms with Crippen molar-refractivity contribution < 1.29 is 9.53 Å². The third-order valence-electron chi connectivity index (χ3n) is 3.31. The first-order chi connectivity index (χ1) is 9.29. The molecule has 6 heteroatoms. The predicted octanol–water partition coefficient (Wildman–Crippen LogP) is 1.10. The number of nitrogens with one attached hydrogen (secondary N) is 1. The molecular formula is C13H23N3O2S. The molecule has 0 aliphatic carbocycles. The summed E-state index contributed by atoms with van der Waals surface area (Å²) >= 11 is 1.82. The van der Waals surface area contributed by atoms with E-state index in [1.54, 1.807) is 0 Å². The van der Waals surface area contributed by atoms with Gasteiger partial charge in [0.15, 0.2) is 5.17 Å². The van der Waals surface area contributed by atoms with Crippen molar-refractivity contribution in [3.63, 3.8) is 0 Å². The van der Waals surface area contributed by atoms with Crippen molar-refractivity contribution in [2.24, 2.45) is 4.99 Å². The molecule has 1 saturated heterocycles. The molecule has 1 atom stereocenters. The lowest BCUT2D eigenvalue weighted by molar-refractivity contribution is -0.135. The average Bonchev–Trinajstić information content (AvgIpc) is 2.88. The summed E-state index contributed by atoms with van der Waals surface area (Å²) in [5, 5.41) is 4.91. The molecule has 0 spiro atoms. The number of morpholine rings is 1. The van der Waals surface area contributed by atoms with Gasteiger partial charge in [-0.1, -0.05) is 25.1 Å². The van der Waals surface area contributed by atoms with Crippen molar-refractivity contribution in [3.05, 3.63) is 0 Å². The Morgan fingerprint density at radius 1 is 1.53 bits per heavy atom. The van der Waals surface area contributed by atoms with Crippen LogP contribution >= 0.6 is 11.8 Å². The Morgan fingerprint density at radius 2 is 2.32 bits per heavy atom. The molecule has 0 saturated carbocycles. The van der Waals surface area contributed by atoms with Gasteiger partial charge in [-0.25, -0.2) is 0 Å². The van der Waals surface area contributed by atoms with E-state index in [9.17, 15) is 4.79 Å². The zero-order chi connectivity index (χ0) is 13.5. The highest BCUT2D eigenvalue weighted by Gasteiger charge is 2.19. The molecule has 0 aromatic carbocycles. The second kappa shape index (κ2) is 7.75. The van der Waals surface area contributed by atoms with E-state index in [0.717, 1.165) is 24.8 Å². The standard InChI is InChI=1S/C13H23N3O2S/c1-2-3-11-10-15-13(19-11)14-5-4-12(17)16-6-8-18-9-7-16/h11H,2-10H2,1H3,(H,14,15). The minimum absolute atomic E-state index is 0.213. The van der Waals surface area contributed by atoms with E-state index in [1.807, 2.05) is 16.7 Å². The zero-order valence-corrected chi connectivity index (χ0v) is 12.4. The van der Waals surface area contributed by atoms with E-state index in [-0.39, 0.29) is 5.91 Å². The summed E-state index contributed by atoms with van der Waals surface area (Å²) < 4.78 is 5.24. The molecule has 0 radical (unpaired) electrons. The molecule has 1 fully saturated rings. The molecule has 2 heterocycles. The highest BCUT2D eigenvalue weighted by atomic mass is 32.2. The van der Waals surface area contributed by atoms with Gasteiger partial charge >= 0.3 is 0 Å². The number of amidine groups is 1. The van der Waals surface area contributed by atoms with Crippen LogP contribution in [0.3, 0.4) is 0 Å². The van der Waals surface area contributed by atoms with Crippen LogP contribution in [0.1, 0.15) is 26.2 Å². The number of aliphatic imine (C=N–C) groups is 1. The highest BCUT2D eigenvalue weighted by molar-refractivity contribution is 8.14. The predicted molar refractivity (Wildman–Crippen MR) is 78.6 cm³/mol. The molecule has 2 aliphatic rings. The second-order valence-electron chi connectivity index (χ2n) is 4.84. The third kappa shape index (κ3) is 4.69. The Bertz CT molecular complexity index is 330. The smallest absolute Gasteiger partial charge is 0.224 e. The van der Waals surface area contributed by atoms with E-state index in [1.165, 1.54) is 12.8 Å². The lowest BCUT2D eigenvalue weighted by Gasteiger charge is -2.26. The molecule has 5 nitrogen and oxygen atoms in total. The quantitative estimate of drug-likeness (QED) is 0.822. The molecule has 2 rings (SSSR count). The maximum atomic E-state index is 11.9. The minimum atomic E-state index is 0.213. The van der Waals surface area contributed by atoms with Crippen LogP contribution in [-0.4, -0.2) is 60.6 Å². The maximum Gasteiger partial charge on any atom is 0.224 e. The summed E-state index contributed by atoms with van der Waals surface area (Å²) in [6.07, 6.45) is 2.96. The van der Waals surface area contributed by atoms with Crippen molar-refractivity contribution in [2.75, 3.05) is 39.4 Å². The van der Waals surface area contributed by atoms with E-state index >= 15 is 0 Å². The van der Waals surface area contributed by atoms with Crippen molar-refractivity contribution in [1.29, 1.82) is 0 Å². The van der Waals surface area contributed by atoms with Crippen LogP contribution in [-0.2, 0) is 9.53 Å². The minimum Gasteiger partial charge on any atom is -0.378 e. The van der Waals surface area contributed by atoms with E-state index in [4.69, 9.17) is 4.74 Å². The van der Waals surface area contributed by atoms with Gasteiger partial charge in [0.2, 0.25) is 5.91 Å². The number of hydrogen-bond donors (Lipinski definition) is 1. The Balaban J connectivity index is 1.60. The largest absolute Gasteiger partial charge is 0.378 e. The van der Waals surface area contributed by atoms with Gasteiger partial charge in [-0.2, -0.15) is 0 Å². The molecule has 1 unspecified atom stereocenters. The van der Waals surface area contributed by atoms with Crippen LogP contribution in [0.4, 0.5) is 0 Å². The number of carbonyl (C=O) groups excluding carboxylic acids is 1. The van der Waals surface area contributed by atoms with Gasteiger partial charge in [0, 0.05) is 31.3 Å². The summed E-state index contributed by atoms with van der Waals surface area (Å²) in [4.78, 5) is 18.3. The van der Waals surface area contributed by atoms with E-state index in [2.05, 4.69) is 17.2 Å². The highest BCUT2D eigenvalue weighted by Crippen LogP contribution is 2.23. The molecule has 19 heavy (non-hydrogen) atoms. The van der Waals surface area contributed by atoms with Crippen LogP contribution in [0.5, 0.6) is 0 Å². The fourth-order valence-corrected chi connectivity index (χ4v) is 3.39. The Labute approximate surface area is 119 Å². The number of thioether (sulfide) groups is 1. The van der Waals surface area contributed by atoms with E-state index in [0.29, 0.717) is 31.4 Å². The Morgan fingerprint density at radius 3 is 3.05 bits per heavy atom. The normalized spacial score (nSPS) is 23.3. The lowest BCUT2D eigenvalue weighted by Crippen LogP contribution is -2.41. The molecule has 1 N–H and O–H groups in total. The van der Waals surface area contributed by atoms with Crippen molar-refractivity contribution in [2.45, 2.75) is 31.4 Å². The van der Waals surface area contributed by atoms with Crippen molar-refractivity contribution >= 4 is 22.8 Å². The Hall–Kier alpha value is -0.750. The van der Waals surface area contributed by atoms with Gasteiger partial charge < -0.3 is 15.0 Å². The maximum absolute atomic E-state index is 11.9. The SMILES string of the molecule is CCCC1CN=C(NCCC(=O)N2CCOCC2)S1. The summed E-state index contributed by atoms with van der Waals surface area (Å²) in [6, 6.07) is 0. The summed E-state index contributed by atoms with van der Waals surface area (Å²) in [7, 11) is 0. The first-order valence-corrected chi connectivity index (χ1v) is 7.98. The van der Waals surface area contributed by atoms with Crippen molar-refractivity contribution in [3.8, 4) is 0 Å².